The molecule has 2 heterocycles. The number of amides is 1. The summed E-state index contributed by atoms with van der Waals surface area (Å²) >= 11 is 0. The van der Waals surface area contributed by atoms with Crippen molar-refractivity contribution in [3.8, 4) is 11.1 Å². The van der Waals surface area contributed by atoms with E-state index in [-0.39, 0.29) is 23.5 Å². The minimum atomic E-state index is -3.08. The first-order valence-corrected chi connectivity index (χ1v) is 12.2. The van der Waals surface area contributed by atoms with E-state index in [1.54, 1.807) is 0 Å². The zero-order valence-electron chi connectivity index (χ0n) is 17.1. The van der Waals surface area contributed by atoms with Crippen LogP contribution < -0.4 is 5.32 Å². The van der Waals surface area contributed by atoms with Gasteiger partial charge in [0, 0.05) is 19.3 Å². The van der Waals surface area contributed by atoms with Crippen molar-refractivity contribution >= 4 is 15.7 Å². The predicted molar refractivity (Wildman–Crippen MR) is 113 cm³/mol. The van der Waals surface area contributed by atoms with Crippen LogP contribution in [0.3, 0.4) is 0 Å². The largest absolute Gasteiger partial charge is 0.381 e. The van der Waals surface area contributed by atoms with Gasteiger partial charge in [-0.25, -0.2) is 17.2 Å². The van der Waals surface area contributed by atoms with Crippen LogP contribution >= 0.6 is 0 Å². The third-order valence-corrected chi connectivity index (χ3v) is 8.02. The first kappa shape index (κ1) is 21.9. The van der Waals surface area contributed by atoms with Crippen molar-refractivity contribution in [2.45, 2.75) is 31.7 Å². The first-order chi connectivity index (χ1) is 14.8. The van der Waals surface area contributed by atoms with Crippen molar-refractivity contribution in [2.75, 3.05) is 24.7 Å². The molecule has 1 atom stereocenters. The highest BCUT2D eigenvalue weighted by Gasteiger charge is 2.42. The third kappa shape index (κ3) is 4.96. The molecule has 1 N–H and O–H groups in total. The van der Waals surface area contributed by atoms with Gasteiger partial charge in [-0.3, -0.25) is 4.79 Å². The van der Waals surface area contributed by atoms with Gasteiger partial charge in [0.05, 0.1) is 16.9 Å². The molecule has 2 aromatic carbocycles. The van der Waals surface area contributed by atoms with Crippen LogP contribution in [0.1, 0.15) is 24.8 Å². The number of hydrogen-bond acceptors (Lipinski definition) is 4. The fourth-order valence-electron chi connectivity index (χ4n) is 4.38. The van der Waals surface area contributed by atoms with E-state index in [0.717, 1.165) is 23.3 Å². The third-order valence-electron chi connectivity index (χ3n) is 6.25. The normalized spacial score (nSPS) is 22.2. The molecule has 2 saturated heterocycles. The molecule has 2 aliphatic rings. The Bertz CT molecular complexity index is 1060. The van der Waals surface area contributed by atoms with Gasteiger partial charge in [-0.15, -0.1) is 0 Å². The van der Waals surface area contributed by atoms with Crippen molar-refractivity contribution < 1.29 is 26.7 Å². The minimum Gasteiger partial charge on any atom is -0.381 e. The maximum atomic E-state index is 13.5. The summed E-state index contributed by atoms with van der Waals surface area (Å²) in [7, 11) is -3.08. The zero-order valence-corrected chi connectivity index (χ0v) is 17.9. The fraction of sp³-hybridized carbons (Fsp3) is 0.435. The number of ether oxygens (including phenoxy) is 1. The van der Waals surface area contributed by atoms with E-state index in [9.17, 15) is 22.0 Å². The van der Waals surface area contributed by atoms with Crippen LogP contribution in [0.4, 0.5) is 8.78 Å². The summed E-state index contributed by atoms with van der Waals surface area (Å²) in [6.07, 6.45) is 2.07. The smallest absolute Gasteiger partial charge is 0.226 e. The minimum absolute atomic E-state index is 0.00571. The molecule has 1 unspecified atom stereocenters. The number of carbonyl (C=O) groups is 1. The molecule has 0 aromatic heterocycles. The van der Waals surface area contributed by atoms with Gasteiger partial charge in [0.15, 0.2) is 21.5 Å². The summed E-state index contributed by atoms with van der Waals surface area (Å²) in [6.45, 7) is 0.951. The van der Waals surface area contributed by atoms with Crippen LogP contribution in [0, 0.1) is 17.0 Å². The molecule has 1 amide bonds. The highest BCUT2D eigenvalue weighted by atomic mass is 32.2. The van der Waals surface area contributed by atoms with Crippen molar-refractivity contribution in [2.24, 2.45) is 5.41 Å². The quantitative estimate of drug-likeness (QED) is 0.761. The average molecular weight is 450 g/mol. The SMILES string of the molecule is O=C(NC1CCS(=O)(=O)C1)C1(Cc2ccc(-c3ccc(F)c(F)c3)cc2)CCOCC1. The topological polar surface area (TPSA) is 72.5 Å². The second kappa shape index (κ2) is 8.67. The van der Waals surface area contributed by atoms with E-state index >= 15 is 0 Å². The molecule has 0 radical (unpaired) electrons. The molecular weight excluding hydrogens is 424 g/mol. The molecule has 5 nitrogen and oxygen atoms in total. The van der Waals surface area contributed by atoms with Crippen LogP contribution in [0.2, 0.25) is 0 Å². The Kier molecular flexibility index (Phi) is 6.12. The van der Waals surface area contributed by atoms with Gasteiger partial charge in [-0.1, -0.05) is 30.3 Å². The molecule has 2 aliphatic heterocycles. The Balaban J connectivity index is 1.51. The first-order valence-electron chi connectivity index (χ1n) is 10.4. The van der Waals surface area contributed by atoms with Gasteiger partial charge in [0.25, 0.3) is 0 Å². The number of sulfone groups is 1. The zero-order chi connectivity index (χ0) is 22.1. The average Bonchev–Trinajstić information content (AvgIpc) is 3.09. The number of rotatable bonds is 5. The Morgan fingerprint density at radius 2 is 1.71 bits per heavy atom. The molecule has 0 saturated carbocycles. The maximum Gasteiger partial charge on any atom is 0.226 e. The number of benzene rings is 2. The van der Waals surface area contributed by atoms with E-state index in [0.29, 0.717) is 44.5 Å². The van der Waals surface area contributed by atoms with Gasteiger partial charge in [-0.05, 0) is 54.5 Å². The molecular formula is C23H25F2NO4S. The Morgan fingerprint density at radius 3 is 2.32 bits per heavy atom. The molecule has 0 aliphatic carbocycles. The fourth-order valence-corrected chi connectivity index (χ4v) is 6.05. The van der Waals surface area contributed by atoms with E-state index in [1.807, 2.05) is 24.3 Å². The summed E-state index contributed by atoms with van der Waals surface area (Å²) in [6, 6.07) is 10.9. The van der Waals surface area contributed by atoms with Crippen molar-refractivity contribution in [3.05, 3.63) is 59.7 Å². The molecule has 2 aromatic rings. The highest BCUT2D eigenvalue weighted by molar-refractivity contribution is 7.91. The van der Waals surface area contributed by atoms with Crippen molar-refractivity contribution in [1.82, 2.24) is 5.32 Å². The van der Waals surface area contributed by atoms with E-state index in [2.05, 4.69) is 5.32 Å². The number of nitrogens with one attached hydrogen (secondary N) is 1. The second-order valence-corrected chi connectivity index (χ2v) is 10.7. The van der Waals surface area contributed by atoms with Crippen LogP contribution in [-0.2, 0) is 25.8 Å². The molecule has 31 heavy (non-hydrogen) atoms. The van der Waals surface area contributed by atoms with Crippen molar-refractivity contribution in [3.63, 3.8) is 0 Å². The van der Waals surface area contributed by atoms with Crippen LogP contribution in [0.15, 0.2) is 42.5 Å². The molecule has 0 bridgehead atoms. The Labute approximate surface area is 180 Å². The van der Waals surface area contributed by atoms with Crippen LogP contribution in [0.25, 0.3) is 11.1 Å². The Hall–Kier alpha value is -2.32. The van der Waals surface area contributed by atoms with Crippen LogP contribution in [-0.4, -0.2) is 45.1 Å². The number of halogens is 2. The lowest BCUT2D eigenvalue weighted by atomic mass is 9.74. The lowest BCUT2D eigenvalue weighted by molar-refractivity contribution is -0.137. The van der Waals surface area contributed by atoms with Crippen LogP contribution in [0.5, 0.6) is 0 Å². The standard InChI is InChI=1S/C23H25F2NO4S/c24-20-6-5-18(13-21(20)25)17-3-1-16(2-4-17)14-23(8-10-30-11-9-23)22(27)26-19-7-12-31(28,29)15-19/h1-6,13,19H,7-12,14-15H2,(H,26,27). The number of carbonyl (C=O) groups excluding carboxylic acids is 1. The second-order valence-electron chi connectivity index (χ2n) is 8.47. The summed E-state index contributed by atoms with van der Waals surface area (Å²) in [5.41, 5.74) is 1.62. The summed E-state index contributed by atoms with van der Waals surface area (Å²) in [5.74, 6) is -1.80. The lowest BCUT2D eigenvalue weighted by Crippen LogP contribution is -2.49. The summed E-state index contributed by atoms with van der Waals surface area (Å²) < 4.78 is 55.7. The van der Waals surface area contributed by atoms with Gasteiger partial charge < -0.3 is 10.1 Å². The van der Waals surface area contributed by atoms with E-state index in [4.69, 9.17) is 4.74 Å². The Morgan fingerprint density at radius 1 is 1.03 bits per heavy atom. The monoisotopic (exact) mass is 449 g/mol. The maximum absolute atomic E-state index is 13.5. The predicted octanol–water partition coefficient (Wildman–Crippen LogP) is 3.27. The van der Waals surface area contributed by atoms with E-state index in [1.165, 1.54) is 6.07 Å². The van der Waals surface area contributed by atoms with Gasteiger partial charge in [-0.2, -0.15) is 0 Å². The van der Waals surface area contributed by atoms with E-state index < -0.39 is 26.9 Å². The lowest BCUT2D eigenvalue weighted by Gasteiger charge is -2.36. The summed E-state index contributed by atoms with van der Waals surface area (Å²) in [4.78, 5) is 13.2. The molecule has 4 rings (SSSR count). The molecule has 2 fully saturated rings. The molecule has 8 heteroatoms. The summed E-state index contributed by atoms with van der Waals surface area (Å²) in [5, 5.41) is 2.96. The highest BCUT2D eigenvalue weighted by Crippen LogP contribution is 2.36. The van der Waals surface area contributed by atoms with Gasteiger partial charge in [0.1, 0.15) is 0 Å². The molecule has 0 spiro atoms. The van der Waals surface area contributed by atoms with Gasteiger partial charge in [0.2, 0.25) is 5.91 Å². The molecule has 166 valence electrons. The number of hydrogen-bond donors (Lipinski definition) is 1. The van der Waals surface area contributed by atoms with Crippen molar-refractivity contribution in [1.29, 1.82) is 0 Å². The van der Waals surface area contributed by atoms with Gasteiger partial charge >= 0.3 is 0 Å².